The first-order valence-corrected chi connectivity index (χ1v) is 13.0. The summed E-state index contributed by atoms with van der Waals surface area (Å²) in [7, 11) is -3.58. The molecular formula is C23H27N5O2S2. The summed E-state index contributed by atoms with van der Waals surface area (Å²) in [5, 5.41) is 18.3. The second kappa shape index (κ2) is 11.3. The van der Waals surface area contributed by atoms with Gasteiger partial charge in [-0.1, -0.05) is 68.1 Å². The van der Waals surface area contributed by atoms with Crippen molar-refractivity contribution >= 4 is 21.8 Å². The van der Waals surface area contributed by atoms with Gasteiger partial charge in [-0.15, -0.1) is 10.2 Å². The third-order valence-corrected chi connectivity index (χ3v) is 8.08. The second-order valence-electron chi connectivity index (χ2n) is 7.07. The van der Waals surface area contributed by atoms with E-state index < -0.39 is 10.0 Å². The van der Waals surface area contributed by atoms with Crippen molar-refractivity contribution in [3.63, 3.8) is 0 Å². The number of nitriles is 1. The molecule has 0 spiro atoms. The summed E-state index contributed by atoms with van der Waals surface area (Å²) < 4.78 is 29.5. The topological polar surface area (TPSA) is 91.9 Å². The minimum atomic E-state index is -3.58. The number of hydrogen-bond acceptors (Lipinski definition) is 6. The highest BCUT2D eigenvalue weighted by Crippen LogP contribution is 2.27. The van der Waals surface area contributed by atoms with Crippen LogP contribution in [0.3, 0.4) is 0 Å². The van der Waals surface area contributed by atoms with Crippen molar-refractivity contribution in [1.29, 1.82) is 5.26 Å². The molecule has 7 nitrogen and oxygen atoms in total. The van der Waals surface area contributed by atoms with Crippen molar-refractivity contribution in [2.24, 2.45) is 0 Å². The molecule has 1 heterocycles. The molecule has 9 heteroatoms. The standard InChI is InChI=1S/C23H27N5O2S2/c1-3-27(4-2)32(29,30)21-13-8-12-20(18-21)22-25-26-23(31-17-9-15-24)28(22)16-14-19-10-6-5-7-11-19/h5-8,10-13,18H,3-4,9,14,16-17H2,1-2H3. The van der Waals surface area contributed by atoms with Crippen LogP contribution in [-0.4, -0.2) is 46.3 Å². The molecule has 32 heavy (non-hydrogen) atoms. The minimum absolute atomic E-state index is 0.245. The normalized spacial score (nSPS) is 11.6. The molecular weight excluding hydrogens is 442 g/mol. The maximum absolute atomic E-state index is 13.0. The Morgan fingerprint density at radius 3 is 2.50 bits per heavy atom. The van der Waals surface area contributed by atoms with Gasteiger partial charge in [-0.3, -0.25) is 0 Å². The van der Waals surface area contributed by atoms with Crippen molar-refractivity contribution in [2.75, 3.05) is 18.8 Å². The lowest BCUT2D eigenvalue weighted by Crippen LogP contribution is -2.30. The van der Waals surface area contributed by atoms with Gasteiger partial charge in [-0.25, -0.2) is 8.42 Å². The quantitative estimate of drug-likeness (QED) is 0.308. The molecule has 3 rings (SSSR count). The van der Waals surface area contributed by atoms with Crippen LogP contribution < -0.4 is 0 Å². The van der Waals surface area contributed by atoms with Crippen LogP contribution in [0.4, 0.5) is 0 Å². The monoisotopic (exact) mass is 469 g/mol. The van der Waals surface area contributed by atoms with Crippen LogP contribution in [0.5, 0.6) is 0 Å². The average Bonchev–Trinajstić information content (AvgIpc) is 3.22. The van der Waals surface area contributed by atoms with E-state index in [0.29, 0.717) is 43.2 Å². The molecule has 0 fully saturated rings. The highest BCUT2D eigenvalue weighted by Gasteiger charge is 2.23. The number of aryl methyl sites for hydroxylation is 1. The number of sulfonamides is 1. The van der Waals surface area contributed by atoms with Crippen LogP contribution in [0.25, 0.3) is 11.4 Å². The Hall–Kier alpha value is -2.67. The van der Waals surface area contributed by atoms with Gasteiger partial charge in [-0.2, -0.15) is 9.57 Å². The fraction of sp³-hybridized carbons (Fsp3) is 0.348. The highest BCUT2D eigenvalue weighted by molar-refractivity contribution is 7.99. The van der Waals surface area contributed by atoms with Crippen molar-refractivity contribution < 1.29 is 8.42 Å². The van der Waals surface area contributed by atoms with Crippen molar-refractivity contribution in [2.45, 2.75) is 43.3 Å². The molecule has 0 radical (unpaired) electrons. The zero-order chi connectivity index (χ0) is 23.0. The molecule has 1 aromatic heterocycles. The summed E-state index contributed by atoms with van der Waals surface area (Å²) in [6.07, 6.45) is 1.21. The van der Waals surface area contributed by atoms with Crippen molar-refractivity contribution in [3.8, 4) is 17.5 Å². The molecule has 0 N–H and O–H groups in total. The number of hydrogen-bond donors (Lipinski definition) is 0. The molecule has 0 aliphatic carbocycles. The lowest BCUT2D eigenvalue weighted by molar-refractivity contribution is 0.445. The van der Waals surface area contributed by atoms with Gasteiger partial charge in [0.05, 0.1) is 11.0 Å². The fourth-order valence-electron chi connectivity index (χ4n) is 3.39. The largest absolute Gasteiger partial charge is 0.302 e. The van der Waals surface area contributed by atoms with Crippen LogP contribution in [0.15, 0.2) is 64.6 Å². The van der Waals surface area contributed by atoms with E-state index in [1.54, 1.807) is 18.2 Å². The molecule has 0 atom stereocenters. The number of nitrogens with zero attached hydrogens (tertiary/aromatic N) is 5. The molecule has 0 unspecified atom stereocenters. The summed E-state index contributed by atoms with van der Waals surface area (Å²) in [6.45, 7) is 5.13. The molecule has 0 saturated heterocycles. The Morgan fingerprint density at radius 2 is 1.81 bits per heavy atom. The molecule has 0 amide bonds. The predicted octanol–water partition coefficient (Wildman–Crippen LogP) is 4.22. The van der Waals surface area contributed by atoms with E-state index >= 15 is 0 Å². The Bertz CT molecular complexity index is 1170. The van der Waals surface area contributed by atoms with Gasteiger partial charge in [0.25, 0.3) is 0 Å². The summed E-state index contributed by atoms with van der Waals surface area (Å²) in [5.74, 6) is 1.24. The summed E-state index contributed by atoms with van der Waals surface area (Å²) in [4.78, 5) is 0.245. The Morgan fingerprint density at radius 1 is 1.06 bits per heavy atom. The van der Waals surface area contributed by atoms with Gasteiger partial charge < -0.3 is 4.57 Å². The second-order valence-corrected chi connectivity index (χ2v) is 10.1. The molecule has 0 aliphatic heterocycles. The molecule has 168 valence electrons. The molecule has 3 aromatic rings. The van der Waals surface area contributed by atoms with Gasteiger partial charge in [0, 0.05) is 37.4 Å². The van der Waals surface area contributed by atoms with Gasteiger partial charge >= 0.3 is 0 Å². The predicted molar refractivity (Wildman–Crippen MR) is 127 cm³/mol. The average molecular weight is 470 g/mol. The smallest absolute Gasteiger partial charge is 0.243 e. The van der Waals surface area contributed by atoms with Crippen molar-refractivity contribution in [1.82, 2.24) is 19.1 Å². The van der Waals surface area contributed by atoms with Crippen LogP contribution in [0.1, 0.15) is 25.8 Å². The third kappa shape index (κ3) is 5.57. The molecule has 0 saturated carbocycles. The maximum atomic E-state index is 13.0. The number of aromatic nitrogens is 3. The highest BCUT2D eigenvalue weighted by atomic mass is 32.2. The molecule has 0 aliphatic rings. The first-order valence-electron chi connectivity index (χ1n) is 10.6. The SMILES string of the molecule is CCN(CC)S(=O)(=O)c1cccc(-c2nnc(SCCC#N)n2CCc2ccccc2)c1. The summed E-state index contributed by atoms with van der Waals surface area (Å²) >= 11 is 1.48. The molecule has 0 bridgehead atoms. The zero-order valence-electron chi connectivity index (χ0n) is 18.3. The van der Waals surface area contributed by atoms with E-state index in [2.05, 4.69) is 28.4 Å². The molecule has 2 aromatic carbocycles. The van der Waals surface area contributed by atoms with Crippen LogP contribution in [0, 0.1) is 11.3 Å². The van der Waals surface area contributed by atoms with Crippen LogP contribution in [0.2, 0.25) is 0 Å². The number of rotatable bonds is 11. The summed E-state index contributed by atoms with van der Waals surface area (Å²) in [5.41, 5.74) is 1.89. The van der Waals surface area contributed by atoms with Crippen LogP contribution >= 0.6 is 11.8 Å². The van der Waals surface area contributed by atoms with E-state index in [1.807, 2.05) is 42.7 Å². The van der Waals surface area contributed by atoms with Gasteiger partial charge in [-0.05, 0) is 24.1 Å². The van der Waals surface area contributed by atoms with E-state index in [1.165, 1.54) is 21.6 Å². The van der Waals surface area contributed by atoms with E-state index in [-0.39, 0.29) is 4.90 Å². The fourth-order valence-corrected chi connectivity index (χ4v) is 5.70. The number of benzene rings is 2. The first kappa shape index (κ1) is 24.0. The third-order valence-electron chi connectivity index (χ3n) is 5.06. The lowest BCUT2D eigenvalue weighted by Gasteiger charge is -2.19. The summed E-state index contributed by atoms with van der Waals surface area (Å²) in [6, 6.07) is 19.2. The van der Waals surface area contributed by atoms with E-state index in [9.17, 15) is 8.42 Å². The van der Waals surface area contributed by atoms with Crippen molar-refractivity contribution in [3.05, 3.63) is 60.2 Å². The van der Waals surface area contributed by atoms with E-state index in [0.717, 1.165) is 11.6 Å². The lowest BCUT2D eigenvalue weighted by atomic mass is 10.1. The van der Waals surface area contributed by atoms with Crippen LogP contribution in [-0.2, 0) is 23.0 Å². The Labute approximate surface area is 194 Å². The van der Waals surface area contributed by atoms with Gasteiger partial charge in [0.15, 0.2) is 11.0 Å². The number of thioether (sulfide) groups is 1. The zero-order valence-corrected chi connectivity index (χ0v) is 19.9. The van der Waals surface area contributed by atoms with E-state index in [4.69, 9.17) is 5.26 Å². The maximum Gasteiger partial charge on any atom is 0.243 e. The Balaban J connectivity index is 1.97. The first-order chi connectivity index (χ1) is 15.5. The Kier molecular flexibility index (Phi) is 8.45. The minimum Gasteiger partial charge on any atom is -0.302 e. The van der Waals surface area contributed by atoms with Gasteiger partial charge in [0.2, 0.25) is 10.0 Å². The van der Waals surface area contributed by atoms with Gasteiger partial charge in [0.1, 0.15) is 0 Å².